The lowest BCUT2D eigenvalue weighted by molar-refractivity contribution is 0.0659. The van der Waals surface area contributed by atoms with E-state index in [9.17, 15) is 9.90 Å². The van der Waals surface area contributed by atoms with Crippen LogP contribution < -0.4 is 0 Å². The molecule has 0 bridgehead atoms. The van der Waals surface area contributed by atoms with Gasteiger partial charge in [-0.3, -0.25) is 4.79 Å². The molecule has 4 aliphatic rings. The van der Waals surface area contributed by atoms with Gasteiger partial charge in [-0.15, -0.1) is 0 Å². The number of rotatable bonds is 2. The van der Waals surface area contributed by atoms with Crippen molar-refractivity contribution in [3.8, 4) is 11.1 Å². The number of nitrogens with zero attached hydrogens (tertiary/aromatic N) is 1. The lowest BCUT2D eigenvalue weighted by Gasteiger charge is -2.33. The predicted molar refractivity (Wildman–Crippen MR) is 105 cm³/mol. The molecule has 5 rings (SSSR count). The van der Waals surface area contributed by atoms with Gasteiger partial charge in [-0.1, -0.05) is 41.9 Å². The number of Topliss-reactive ketones (excluding diaryl/α,β-unsaturated/α-hetero) is 1. The van der Waals surface area contributed by atoms with Crippen LogP contribution in [0.1, 0.15) is 35.2 Å². The Hall–Kier alpha value is -1.68. The van der Waals surface area contributed by atoms with Crippen LogP contribution in [0, 0.1) is 5.92 Å². The van der Waals surface area contributed by atoms with Crippen LogP contribution in [0.3, 0.4) is 0 Å². The van der Waals surface area contributed by atoms with Crippen molar-refractivity contribution < 1.29 is 9.90 Å². The molecule has 1 aromatic carbocycles. The molecule has 1 saturated heterocycles. The molecule has 0 amide bonds. The van der Waals surface area contributed by atoms with Crippen molar-refractivity contribution in [2.24, 2.45) is 5.92 Å². The van der Waals surface area contributed by atoms with Gasteiger partial charge in [-0.25, -0.2) is 0 Å². The van der Waals surface area contributed by atoms with E-state index >= 15 is 0 Å². The van der Waals surface area contributed by atoms with Crippen LogP contribution in [0.25, 0.3) is 11.1 Å². The van der Waals surface area contributed by atoms with E-state index in [0.29, 0.717) is 5.78 Å². The van der Waals surface area contributed by atoms with Gasteiger partial charge in [-0.2, -0.15) is 0 Å². The summed E-state index contributed by atoms with van der Waals surface area (Å²) in [6.45, 7) is 2.71. The molecule has 0 aromatic heterocycles. The van der Waals surface area contributed by atoms with Crippen molar-refractivity contribution in [2.45, 2.75) is 31.8 Å². The van der Waals surface area contributed by atoms with Crippen molar-refractivity contribution in [2.75, 3.05) is 19.6 Å². The Balaban J connectivity index is 0.000000198. The Morgan fingerprint density at radius 3 is 2.42 bits per heavy atom. The van der Waals surface area contributed by atoms with Crippen LogP contribution >= 0.6 is 11.6 Å². The van der Waals surface area contributed by atoms with Crippen LogP contribution in [0.5, 0.6) is 0 Å². The maximum absolute atomic E-state index is 12.5. The van der Waals surface area contributed by atoms with Gasteiger partial charge in [-0.05, 0) is 48.9 Å². The Labute approximate surface area is 159 Å². The van der Waals surface area contributed by atoms with Gasteiger partial charge in [0.1, 0.15) is 0 Å². The Bertz CT molecular complexity index is 812. The zero-order chi connectivity index (χ0) is 18.1. The number of aliphatic hydroxyl groups is 1. The predicted octanol–water partition coefficient (Wildman–Crippen LogP) is 4.21. The molecule has 1 aromatic rings. The fourth-order valence-electron chi connectivity index (χ4n) is 3.96. The van der Waals surface area contributed by atoms with Crippen molar-refractivity contribution in [3.63, 3.8) is 0 Å². The number of piperidine rings is 1. The Morgan fingerprint density at radius 1 is 1.04 bits per heavy atom. The number of benzene rings is 2. The molecule has 0 saturated carbocycles. The summed E-state index contributed by atoms with van der Waals surface area (Å²) in [7, 11) is 0. The van der Waals surface area contributed by atoms with E-state index in [2.05, 4.69) is 17.0 Å². The highest BCUT2D eigenvalue weighted by atomic mass is 35.5. The maximum atomic E-state index is 12.5. The second-order valence-corrected chi connectivity index (χ2v) is 7.89. The van der Waals surface area contributed by atoms with Gasteiger partial charge >= 0.3 is 0 Å². The molecular weight excluding hydrogens is 346 g/mol. The lowest BCUT2D eigenvalue weighted by atomic mass is 9.82. The summed E-state index contributed by atoms with van der Waals surface area (Å²) < 4.78 is 0. The molecular formula is C22H24ClNO2. The number of likely N-dealkylation sites (tertiary alicyclic amines) is 1. The summed E-state index contributed by atoms with van der Waals surface area (Å²) in [5.41, 5.74) is 4.68. The molecule has 4 heteroatoms. The molecule has 1 heterocycles. The number of carbonyl (C=O) groups excluding carboxylic acids is 1. The molecule has 0 radical (unpaired) electrons. The molecule has 1 N–H and O–H groups in total. The highest BCUT2D eigenvalue weighted by Gasteiger charge is 2.29. The fourth-order valence-corrected chi connectivity index (χ4v) is 4.19. The number of hydrogen-bond acceptors (Lipinski definition) is 3. The number of aliphatic hydroxyl groups excluding tert-OH is 1. The van der Waals surface area contributed by atoms with Crippen molar-refractivity contribution in [1.82, 2.24) is 4.90 Å². The molecule has 1 atom stereocenters. The molecule has 3 nitrogen and oxygen atoms in total. The minimum atomic E-state index is -0.140. The first-order chi connectivity index (χ1) is 12.6. The van der Waals surface area contributed by atoms with Crippen LogP contribution in [0.15, 0.2) is 42.5 Å². The molecule has 1 fully saturated rings. The minimum Gasteiger partial charge on any atom is -0.393 e. The van der Waals surface area contributed by atoms with E-state index in [1.54, 1.807) is 0 Å². The second-order valence-electron chi connectivity index (χ2n) is 7.48. The number of halogens is 1. The van der Waals surface area contributed by atoms with Crippen LogP contribution in [0.2, 0.25) is 5.02 Å². The summed E-state index contributed by atoms with van der Waals surface area (Å²) in [6, 6.07) is 14.0. The zero-order valence-corrected chi connectivity index (χ0v) is 15.6. The maximum Gasteiger partial charge on any atom is 0.167 e. The first-order valence-corrected chi connectivity index (χ1v) is 9.82. The smallest absolute Gasteiger partial charge is 0.167 e. The number of ketones is 1. The van der Waals surface area contributed by atoms with Crippen molar-refractivity contribution >= 4 is 17.4 Å². The second kappa shape index (κ2) is 7.51. The van der Waals surface area contributed by atoms with E-state index in [-0.39, 0.29) is 12.0 Å². The minimum absolute atomic E-state index is 0.140. The Kier molecular flexibility index (Phi) is 5.12. The fraction of sp³-hybridized carbons (Fsp3) is 0.409. The molecule has 1 unspecified atom stereocenters. The van der Waals surface area contributed by atoms with E-state index in [1.807, 2.05) is 30.3 Å². The molecule has 26 heavy (non-hydrogen) atoms. The first-order valence-electron chi connectivity index (χ1n) is 9.44. The highest BCUT2D eigenvalue weighted by molar-refractivity contribution is 6.35. The summed E-state index contributed by atoms with van der Waals surface area (Å²) in [5.74, 6) is 0.457. The summed E-state index contributed by atoms with van der Waals surface area (Å²) in [5, 5.41) is 10.4. The molecule has 3 aliphatic carbocycles. The number of aryl methyl sites for hydroxylation is 1. The monoisotopic (exact) mass is 369 g/mol. The van der Waals surface area contributed by atoms with E-state index < -0.39 is 0 Å². The molecule has 1 aliphatic heterocycles. The number of hydrogen-bond donors (Lipinski definition) is 1. The first kappa shape index (κ1) is 17.7. The number of carbonyl (C=O) groups is 1. The molecule has 136 valence electrons. The van der Waals surface area contributed by atoms with Crippen molar-refractivity contribution in [3.05, 3.63) is 58.6 Å². The third-order valence-electron chi connectivity index (χ3n) is 5.65. The summed E-state index contributed by atoms with van der Waals surface area (Å²) in [4.78, 5) is 14.8. The van der Waals surface area contributed by atoms with Crippen LogP contribution in [-0.2, 0) is 6.42 Å². The average molecular weight is 370 g/mol. The Morgan fingerprint density at radius 2 is 1.81 bits per heavy atom. The molecule has 0 spiro atoms. The summed E-state index contributed by atoms with van der Waals surface area (Å²) in [6.07, 6.45) is 3.53. The van der Waals surface area contributed by atoms with Gasteiger partial charge in [0.25, 0.3) is 0 Å². The van der Waals surface area contributed by atoms with Gasteiger partial charge in [0.05, 0.1) is 6.10 Å². The van der Waals surface area contributed by atoms with Crippen molar-refractivity contribution in [1.29, 1.82) is 0 Å². The normalized spacial score (nSPS) is 21.6. The largest absolute Gasteiger partial charge is 0.393 e. The third-order valence-corrected chi connectivity index (χ3v) is 5.98. The van der Waals surface area contributed by atoms with E-state index in [1.165, 1.54) is 16.7 Å². The van der Waals surface area contributed by atoms with Gasteiger partial charge in [0.2, 0.25) is 0 Å². The third kappa shape index (κ3) is 3.85. The van der Waals surface area contributed by atoms with Gasteiger partial charge in [0, 0.05) is 41.7 Å². The lowest BCUT2D eigenvalue weighted by Crippen LogP contribution is -2.41. The van der Waals surface area contributed by atoms with E-state index in [4.69, 9.17) is 11.6 Å². The van der Waals surface area contributed by atoms with Gasteiger partial charge < -0.3 is 10.0 Å². The number of fused-ring (bicyclic) bond motifs is 2. The zero-order valence-electron chi connectivity index (χ0n) is 14.8. The van der Waals surface area contributed by atoms with Gasteiger partial charge in [0.15, 0.2) is 5.78 Å². The quantitative estimate of drug-likeness (QED) is 0.735. The van der Waals surface area contributed by atoms with Crippen LogP contribution in [-0.4, -0.2) is 41.5 Å². The standard InChI is InChI=1S/C16H21NO2.C6H3Cl/c18-14-7-9-17(10-8-14)11-13-6-5-12-3-1-2-4-15(12)16(13)19;7-6-2-1-4-3-5(4)6/h1-4,13-14,18H,5-11H2;1-3H. The summed E-state index contributed by atoms with van der Waals surface area (Å²) >= 11 is 5.65. The SMILES string of the molecule is Clc1ccc2cc1-2.O=C1c2ccccc2CCC1CN1CCC(O)CC1. The topological polar surface area (TPSA) is 40.5 Å². The van der Waals surface area contributed by atoms with Crippen LogP contribution in [0.4, 0.5) is 0 Å². The average Bonchev–Trinajstić information content (AvgIpc) is 3.37. The van der Waals surface area contributed by atoms with E-state index in [0.717, 1.165) is 55.9 Å². The highest BCUT2D eigenvalue weighted by Crippen LogP contribution is 2.40.